The van der Waals surface area contributed by atoms with Crippen molar-refractivity contribution in [3.63, 3.8) is 0 Å². The maximum Gasteiger partial charge on any atom is 0.252 e. The van der Waals surface area contributed by atoms with E-state index in [-0.39, 0.29) is 11.5 Å². The van der Waals surface area contributed by atoms with Crippen LogP contribution in [0.15, 0.2) is 10.9 Å². The van der Waals surface area contributed by atoms with Gasteiger partial charge in [0.25, 0.3) is 5.56 Å². The van der Waals surface area contributed by atoms with Crippen LogP contribution >= 0.6 is 0 Å². The Kier molecular flexibility index (Phi) is 3.88. The number of hydrogen-bond acceptors (Lipinski definition) is 3. The predicted octanol–water partition coefficient (Wildman–Crippen LogP) is 2.10. The van der Waals surface area contributed by atoms with E-state index in [1.54, 1.807) is 6.07 Å². The van der Waals surface area contributed by atoms with Gasteiger partial charge in [-0.25, -0.2) is 4.98 Å². The van der Waals surface area contributed by atoms with E-state index < -0.39 is 0 Å². The van der Waals surface area contributed by atoms with Gasteiger partial charge in [-0.2, -0.15) is 0 Å². The molecule has 1 aromatic rings. The monoisotopic (exact) mass is 209 g/mol. The fraction of sp³-hybridized carbons (Fsp3) is 0.636. The van der Waals surface area contributed by atoms with Gasteiger partial charge in [0.05, 0.1) is 5.69 Å². The largest absolute Gasteiger partial charge is 0.353 e. The van der Waals surface area contributed by atoms with Crippen LogP contribution in [0.4, 0.5) is 5.95 Å². The molecule has 84 valence electrons. The van der Waals surface area contributed by atoms with Crippen molar-refractivity contribution in [1.29, 1.82) is 0 Å². The Morgan fingerprint density at radius 3 is 2.67 bits per heavy atom. The van der Waals surface area contributed by atoms with Crippen LogP contribution in [0.5, 0.6) is 0 Å². The molecule has 0 radical (unpaired) electrons. The molecule has 1 rings (SSSR count). The van der Waals surface area contributed by atoms with Crippen molar-refractivity contribution < 1.29 is 0 Å². The highest BCUT2D eigenvalue weighted by Gasteiger charge is 2.06. The molecule has 15 heavy (non-hydrogen) atoms. The Labute approximate surface area is 90.1 Å². The van der Waals surface area contributed by atoms with E-state index in [4.69, 9.17) is 0 Å². The molecule has 0 aliphatic carbocycles. The molecule has 0 aromatic carbocycles. The van der Waals surface area contributed by atoms with Crippen LogP contribution in [0.2, 0.25) is 0 Å². The number of aromatic amines is 1. The first-order valence-corrected chi connectivity index (χ1v) is 5.40. The summed E-state index contributed by atoms with van der Waals surface area (Å²) in [7, 11) is 0. The van der Waals surface area contributed by atoms with Gasteiger partial charge in [-0.1, -0.05) is 20.8 Å². The average Bonchev–Trinajstić information content (AvgIpc) is 2.16. The number of H-pyrrole nitrogens is 1. The van der Waals surface area contributed by atoms with Gasteiger partial charge in [-0.15, -0.1) is 0 Å². The van der Waals surface area contributed by atoms with Crippen molar-refractivity contribution >= 4 is 5.95 Å². The molecule has 2 N–H and O–H groups in total. The van der Waals surface area contributed by atoms with Gasteiger partial charge in [-0.05, 0) is 19.3 Å². The minimum atomic E-state index is -0.0977. The summed E-state index contributed by atoms with van der Waals surface area (Å²) in [4.78, 5) is 18.4. The Balaban J connectivity index is 2.94. The molecule has 0 saturated heterocycles. The maximum atomic E-state index is 11.3. The van der Waals surface area contributed by atoms with Gasteiger partial charge >= 0.3 is 0 Å². The lowest BCUT2D eigenvalue weighted by atomic mass is 10.1. The van der Waals surface area contributed by atoms with Crippen molar-refractivity contribution in [3.05, 3.63) is 22.1 Å². The van der Waals surface area contributed by atoms with Crippen molar-refractivity contribution in [2.24, 2.45) is 0 Å². The van der Waals surface area contributed by atoms with Crippen LogP contribution in [0, 0.1) is 0 Å². The summed E-state index contributed by atoms with van der Waals surface area (Å²) in [6.07, 6.45) is 0.996. The Morgan fingerprint density at radius 2 is 2.13 bits per heavy atom. The van der Waals surface area contributed by atoms with E-state index in [2.05, 4.69) is 29.1 Å². The fourth-order valence-electron chi connectivity index (χ4n) is 1.18. The first-order valence-electron chi connectivity index (χ1n) is 5.40. The van der Waals surface area contributed by atoms with Crippen LogP contribution < -0.4 is 10.9 Å². The number of nitrogens with one attached hydrogen (secondary N) is 2. The van der Waals surface area contributed by atoms with Crippen molar-refractivity contribution in [2.75, 3.05) is 5.32 Å². The molecule has 4 heteroatoms. The summed E-state index contributed by atoms with van der Waals surface area (Å²) >= 11 is 0. The number of nitrogens with zero attached hydrogens (tertiary/aromatic N) is 1. The second-order valence-electron chi connectivity index (χ2n) is 4.13. The third kappa shape index (κ3) is 3.38. The summed E-state index contributed by atoms with van der Waals surface area (Å²) in [6.45, 7) is 8.19. The Hall–Kier alpha value is -1.32. The summed E-state index contributed by atoms with van der Waals surface area (Å²) < 4.78 is 0. The van der Waals surface area contributed by atoms with E-state index in [0.29, 0.717) is 12.0 Å². The molecule has 0 bridgehead atoms. The van der Waals surface area contributed by atoms with Crippen LogP contribution in [0.3, 0.4) is 0 Å². The molecule has 0 saturated carbocycles. The summed E-state index contributed by atoms with van der Waals surface area (Å²) in [5, 5.41) is 3.16. The van der Waals surface area contributed by atoms with Crippen LogP contribution in [0.25, 0.3) is 0 Å². The minimum absolute atomic E-state index is 0.0977. The third-order valence-corrected chi connectivity index (χ3v) is 2.35. The van der Waals surface area contributed by atoms with E-state index in [1.807, 2.05) is 13.8 Å². The predicted molar refractivity (Wildman–Crippen MR) is 62.3 cm³/mol. The minimum Gasteiger partial charge on any atom is -0.353 e. The first-order chi connectivity index (χ1) is 7.02. The zero-order valence-electron chi connectivity index (χ0n) is 9.79. The van der Waals surface area contributed by atoms with Gasteiger partial charge in [0, 0.05) is 12.1 Å². The lowest BCUT2D eigenvalue weighted by Crippen LogP contribution is -2.20. The molecule has 0 aliphatic rings. The summed E-state index contributed by atoms with van der Waals surface area (Å²) in [6, 6.07) is 1.86. The van der Waals surface area contributed by atoms with Crippen LogP contribution in [-0.2, 0) is 0 Å². The van der Waals surface area contributed by atoms with Gasteiger partial charge in [0.1, 0.15) is 0 Å². The van der Waals surface area contributed by atoms with Gasteiger partial charge in [0.2, 0.25) is 5.95 Å². The molecule has 1 atom stereocenters. The van der Waals surface area contributed by atoms with Crippen molar-refractivity contribution in [2.45, 2.75) is 46.1 Å². The molecular weight excluding hydrogens is 190 g/mol. The third-order valence-electron chi connectivity index (χ3n) is 2.35. The number of hydrogen-bond donors (Lipinski definition) is 2. The zero-order chi connectivity index (χ0) is 11.4. The van der Waals surface area contributed by atoms with Gasteiger partial charge in [0.15, 0.2) is 0 Å². The molecule has 4 nitrogen and oxygen atoms in total. The van der Waals surface area contributed by atoms with E-state index >= 15 is 0 Å². The summed E-state index contributed by atoms with van der Waals surface area (Å²) in [5.74, 6) is 0.838. The lowest BCUT2D eigenvalue weighted by molar-refractivity contribution is 0.741. The van der Waals surface area contributed by atoms with Gasteiger partial charge < -0.3 is 5.32 Å². The summed E-state index contributed by atoms with van der Waals surface area (Å²) in [5.41, 5.74) is 0.726. The highest BCUT2D eigenvalue weighted by molar-refractivity contribution is 5.27. The number of anilines is 1. The second-order valence-corrected chi connectivity index (χ2v) is 4.13. The van der Waals surface area contributed by atoms with Crippen molar-refractivity contribution in [3.8, 4) is 0 Å². The molecule has 0 aliphatic heterocycles. The number of rotatable bonds is 4. The lowest BCUT2D eigenvalue weighted by Gasteiger charge is -2.13. The molecular formula is C11H19N3O. The van der Waals surface area contributed by atoms with E-state index in [0.717, 1.165) is 12.1 Å². The smallest absolute Gasteiger partial charge is 0.252 e. The molecule has 1 unspecified atom stereocenters. The second kappa shape index (κ2) is 4.96. The van der Waals surface area contributed by atoms with Crippen LogP contribution in [-0.4, -0.2) is 16.0 Å². The molecule has 1 aromatic heterocycles. The Bertz CT molecular complexity index is 370. The number of aromatic nitrogens is 2. The molecule has 0 spiro atoms. The highest BCUT2D eigenvalue weighted by atomic mass is 16.1. The maximum absolute atomic E-state index is 11.3. The quantitative estimate of drug-likeness (QED) is 0.798. The van der Waals surface area contributed by atoms with E-state index in [9.17, 15) is 4.79 Å². The van der Waals surface area contributed by atoms with Crippen LogP contribution in [0.1, 0.15) is 45.7 Å². The molecule has 1 heterocycles. The first kappa shape index (κ1) is 11.8. The normalized spacial score (nSPS) is 12.9. The Morgan fingerprint density at radius 1 is 1.47 bits per heavy atom. The fourth-order valence-corrected chi connectivity index (χ4v) is 1.18. The SMILES string of the molecule is CCC(C)Nc1nc(C(C)C)cc(=O)[nH]1. The van der Waals surface area contributed by atoms with E-state index in [1.165, 1.54) is 0 Å². The molecule has 0 amide bonds. The topological polar surface area (TPSA) is 57.8 Å². The average molecular weight is 209 g/mol. The van der Waals surface area contributed by atoms with Gasteiger partial charge in [-0.3, -0.25) is 9.78 Å². The highest BCUT2D eigenvalue weighted by Crippen LogP contribution is 2.10. The van der Waals surface area contributed by atoms with Crippen molar-refractivity contribution in [1.82, 2.24) is 9.97 Å². The standard InChI is InChI=1S/C11H19N3O/c1-5-8(4)12-11-13-9(7(2)3)6-10(15)14-11/h6-8H,5H2,1-4H3,(H2,12,13,14,15). The molecule has 0 fully saturated rings. The zero-order valence-corrected chi connectivity index (χ0v) is 9.79.